The van der Waals surface area contributed by atoms with Crippen molar-refractivity contribution in [1.29, 1.82) is 0 Å². The van der Waals surface area contributed by atoms with Crippen molar-refractivity contribution in [2.24, 2.45) is 0 Å². The zero-order valence-corrected chi connectivity index (χ0v) is 2.00. The SMILES string of the molecule is CC.[NaH].[NaH]. The minimum absolute atomic E-state index is 0. The Labute approximate surface area is 71.9 Å². The monoisotopic (exact) mass is 78.0 g/mol. The second-order valence-electron chi connectivity index (χ2n) is 0. The van der Waals surface area contributed by atoms with Gasteiger partial charge in [-0.1, -0.05) is 13.8 Å². The molecule has 0 aromatic heterocycles. The predicted octanol–water partition coefficient (Wildman–Crippen LogP) is -0.271. The average molecular weight is 78.1 g/mol. The first-order chi connectivity index (χ1) is 1.00. The van der Waals surface area contributed by atoms with E-state index in [-0.39, 0.29) is 59.1 Å². The molecular formula is C2H8Na2. The zero-order valence-electron chi connectivity index (χ0n) is 2.00. The van der Waals surface area contributed by atoms with Crippen LogP contribution < -0.4 is 0 Å². The second-order valence-corrected chi connectivity index (χ2v) is 0. The zero-order chi connectivity index (χ0) is 2.00. The summed E-state index contributed by atoms with van der Waals surface area (Å²) in [7, 11) is 0. The van der Waals surface area contributed by atoms with E-state index in [1.807, 2.05) is 13.8 Å². The van der Waals surface area contributed by atoms with Gasteiger partial charge in [-0.15, -0.1) is 0 Å². The fourth-order valence-electron chi connectivity index (χ4n) is 0. The van der Waals surface area contributed by atoms with E-state index in [0.29, 0.717) is 0 Å². The van der Waals surface area contributed by atoms with Crippen molar-refractivity contribution in [2.75, 3.05) is 0 Å². The molecule has 0 heterocycles. The van der Waals surface area contributed by atoms with Gasteiger partial charge in [0.15, 0.2) is 0 Å². The van der Waals surface area contributed by atoms with Crippen molar-refractivity contribution in [3.8, 4) is 0 Å². The van der Waals surface area contributed by atoms with Crippen molar-refractivity contribution in [3.05, 3.63) is 0 Å². The Morgan fingerprint density at radius 3 is 0.750 bits per heavy atom. The van der Waals surface area contributed by atoms with Crippen molar-refractivity contribution in [1.82, 2.24) is 0 Å². The van der Waals surface area contributed by atoms with Gasteiger partial charge < -0.3 is 0 Å². The molecule has 0 aromatic carbocycles. The van der Waals surface area contributed by atoms with E-state index in [9.17, 15) is 0 Å². The summed E-state index contributed by atoms with van der Waals surface area (Å²) in [6.45, 7) is 4.00. The van der Waals surface area contributed by atoms with Gasteiger partial charge in [-0.2, -0.15) is 0 Å². The minimum atomic E-state index is 0. The summed E-state index contributed by atoms with van der Waals surface area (Å²) in [6.07, 6.45) is 0. The third-order valence-electron chi connectivity index (χ3n) is 0. The standard InChI is InChI=1S/C2H6.2Na.2H/c1-2;;;;/h1-2H3;;;;. The molecule has 0 unspecified atom stereocenters. The Morgan fingerprint density at radius 2 is 0.750 bits per heavy atom. The second kappa shape index (κ2) is 20.0. The van der Waals surface area contributed by atoms with Crippen LogP contribution in [0.5, 0.6) is 0 Å². The molecular weight excluding hydrogens is 70.0 g/mol. The van der Waals surface area contributed by atoms with Crippen molar-refractivity contribution in [2.45, 2.75) is 13.8 Å². The van der Waals surface area contributed by atoms with E-state index < -0.39 is 0 Å². The molecule has 4 heavy (non-hydrogen) atoms. The molecule has 0 aliphatic heterocycles. The quantitative estimate of drug-likeness (QED) is 0.350. The summed E-state index contributed by atoms with van der Waals surface area (Å²) in [6, 6.07) is 0. The molecule has 0 fully saturated rings. The van der Waals surface area contributed by atoms with Gasteiger partial charge in [0.1, 0.15) is 0 Å². The van der Waals surface area contributed by atoms with E-state index in [1.54, 1.807) is 0 Å². The van der Waals surface area contributed by atoms with Crippen molar-refractivity contribution < 1.29 is 0 Å². The first kappa shape index (κ1) is 16.7. The normalized spacial score (nSPS) is 1.50. The summed E-state index contributed by atoms with van der Waals surface area (Å²) in [5.41, 5.74) is 0. The molecule has 2 heteroatoms. The molecule has 0 nitrogen and oxygen atoms in total. The van der Waals surface area contributed by atoms with Gasteiger partial charge in [0, 0.05) is 0 Å². The molecule has 0 radical (unpaired) electrons. The number of rotatable bonds is 0. The fraction of sp³-hybridized carbons (Fsp3) is 1.00. The fourth-order valence-corrected chi connectivity index (χ4v) is 0. The van der Waals surface area contributed by atoms with Gasteiger partial charge in [-0.25, -0.2) is 0 Å². The number of hydrogen-bond acceptors (Lipinski definition) is 0. The molecule has 0 rings (SSSR count). The van der Waals surface area contributed by atoms with Crippen LogP contribution in [0.3, 0.4) is 0 Å². The molecule has 0 atom stereocenters. The maximum absolute atomic E-state index is 2.00. The average Bonchev–Trinajstić information content (AvgIpc) is 1.00. The molecule has 0 spiro atoms. The summed E-state index contributed by atoms with van der Waals surface area (Å²) in [5.74, 6) is 0. The summed E-state index contributed by atoms with van der Waals surface area (Å²) >= 11 is 0. The molecule has 0 aliphatic carbocycles. The molecule has 0 saturated heterocycles. The Morgan fingerprint density at radius 1 is 0.750 bits per heavy atom. The predicted molar refractivity (Wildman–Crippen MR) is 25.6 cm³/mol. The molecule has 0 N–H and O–H groups in total. The van der Waals surface area contributed by atoms with Crippen LogP contribution in [0, 0.1) is 0 Å². The van der Waals surface area contributed by atoms with Crippen LogP contribution in [-0.4, -0.2) is 59.1 Å². The van der Waals surface area contributed by atoms with Crippen LogP contribution in [0.15, 0.2) is 0 Å². The van der Waals surface area contributed by atoms with Crippen molar-refractivity contribution >= 4 is 59.1 Å². The van der Waals surface area contributed by atoms with Gasteiger partial charge in [-0.3, -0.25) is 0 Å². The van der Waals surface area contributed by atoms with Gasteiger partial charge in [-0.05, 0) is 0 Å². The van der Waals surface area contributed by atoms with Crippen LogP contribution in [0.4, 0.5) is 0 Å². The van der Waals surface area contributed by atoms with E-state index >= 15 is 0 Å². The molecule has 0 aliphatic rings. The maximum atomic E-state index is 2.00. The summed E-state index contributed by atoms with van der Waals surface area (Å²) in [4.78, 5) is 0. The first-order valence-corrected chi connectivity index (χ1v) is 1.00. The third-order valence-corrected chi connectivity index (χ3v) is 0. The van der Waals surface area contributed by atoms with E-state index in [0.717, 1.165) is 0 Å². The molecule has 0 amide bonds. The Bertz CT molecular complexity index is 4.00. The topological polar surface area (TPSA) is 0 Å². The van der Waals surface area contributed by atoms with Crippen LogP contribution >= 0.6 is 0 Å². The molecule has 18 valence electrons. The van der Waals surface area contributed by atoms with Gasteiger partial charge in [0.05, 0.1) is 0 Å². The Balaban J connectivity index is -0.00000000500. The molecule has 0 aromatic rings. The van der Waals surface area contributed by atoms with Crippen molar-refractivity contribution in [3.63, 3.8) is 0 Å². The summed E-state index contributed by atoms with van der Waals surface area (Å²) in [5, 5.41) is 0. The van der Waals surface area contributed by atoms with Crippen LogP contribution in [-0.2, 0) is 0 Å². The number of hydrogen-bond donors (Lipinski definition) is 0. The van der Waals surface area contributed by atoms with E-state index in [4.69, 9.17) is 0 Å². The van der Waals surface area contributed by atoms with Gasteiger partial charge in [0.2, 0.25) is 0 Å². The molecule has 0 saturated carbocycles. The van der Waals surface area contributed by atoms with E-state index in [2.05, 4.69) is 0 Å². The summed E-state index contributed by atoms with van der Waals surface area (Å²) < 4.78 is 0. The van der Waals surface area contributed by atoms with Gasteiger partial charge >= 0.3 is 59.1 Å². The van der Waals surface area contributed by atoms with Gasteiger partial charge in [0.25, 0.3) is 0 Å². The first-order valence-electron chi connectivity index (χ1n) is 1.00. The Hall–Kier alpha value is 2.00. The van der Waals surface area contributed by atoms with Crippen LogP contribution in [0.1, 0.15) is 13.8 Å². The van der Waals surface area contributed by atoms with E-state index in [1.165, 1.54) is 0 Å². The van der Waals surface area contributed by atoms with Crippen LogP contribution in [0.25, 0.3) is 0 Å². The molecule has 0 bridgehead atoms. The Kier molecular flexibility index (Phi) is 83.3. The third kappa shape index (κ3) is 9.00. The van der Waals surface area contributed by atoms with Crippen LogP contribution in [0.2, 0.25) is 0 Å².